The van der Waals surface area contributed by atoms with Crippen molar-refractivity contribution in [1.29, 1.82) is 0 Å². The van der Waals surface area contributed by atoms with E-state index in [0.29, 0.717) is 5.56 Å². The average molecular weight is 421 g/mol. The maximum Gasteiger partial charge on any atom is 0.277 e. The Morgan fingerprint density at radius 2 is 2.08 bits per heavy atom. The number of halogens is 4. The largest absolute Gasteiger partial charge is 0.337 e. The number of nitrogens with one attached hydrogen (secondary N) is 2. The van der Waals surface area contributed by atoms with Gasteiger partial charge in [0.1, 0.15) is 5.82 Å². The Morgan fingerprint density at radius 1 is 1.38 bits per heavy atom. The summed E-state index contributed by atoms with van der Waals surface area (Å²) in [7, 11) is 0. The SMILES string of the molecule is CCONC(=O)c1cc(Cl)c(F)c(F)c1Nc1ncc(Br)cc1C. The number of anilines is 2. The van der Waals surface area contributed by atoms with E-state index in [-0.39, 0.29) is 23.7 Å². The highest BCUT2D eigenvalue weighted by Crippen LogP contribution is 2.31. The Bertz CT molecular complexity index is 790. The molecule has 1 aromatic carbocycles. The maximum atomic E-state index is 14.3. The van der Waals surface area contributed by atoms with Crippen LogP contribution in [0.1, 0.15) is 22.8 Å². The summed E-state index contributed by atoms with van der Waals surface area (Å²) in [5.41, 5.74) is 2.19. The van der Waals surface area contributed by atoms with Gasteiger partial charge in [-0.15, -0.1) is 0 Å². The molecule has 0 saturated heterocycles. The minimum Gasteiger partial charge on any atom is -0.337 e. The first-order valence-corrected chi connectivity index (χ1v) is 8.01. The Balaban J connectivity index is 2.50. The second-order valence-electron chi connectivity index (χ2n) is 4.72. The lowest BCUT2D eigenvalue weighted by molar-refractivity contribution is 0.0365. The molecule has 128 valence electrons. The molecule has 0 aliphatic heterocycles. The highest BCUT2D eigenvalue weighted by molar-refractivity contribution is 9.10. The number of aryl methyl sites for hydroxylation is 1. The van der Waals surface area contributed by atoms with Crippen LogP contribution in [0.3, 0.4) is 0 Å². The van der Waals surface area contributed by atoms with E-state index < -0.39 is 22.6 Å². The third kappa shape index (κ3) is 4.00. The van der Waals surface area contributed by atoms with Crippen LogP contribution in [0, 0.1) is 18.6 Å². The van der Waals surface area contributed by atoms with Gasteiger partial charge >= 0.3 is 0 Å². The van der Waals surface area contributed by atoms with Gasteiger partial charge in [-0.1, -0.05) is 11.6 Å². The van der Waals surface area contributed by atoms with Crippen molar-refractivity contribution in [2.75, 3.05) is 11.9 Å². The zero-order chi connectivity index (χ0) is 17.9. The van der Waals surface area contributed by atoms with E-state index in [1.165, 1.54) is 6.20 Å². The average Bonchev–Trinajstić information content (AvgIpc) is 2.54. The predicted molar refractivity (Wildman–Crippen MR) is 90.4 cm³/mol. The fraction of sp³-hybridized carbons (Fsp3) is 0.200. The standard InChI is InChI=1S/C15H13BrClF2N3O2/c1-3-24-22-15(23)9-5-10(17)11(18)12(19)13(9)21-14-7(2)4-8(16)6-20-14/h4-6H,3H2,1-2H3,(H,20,21)(H,22,23). The van der Waals surface area contributed by atoms with Crippen molar-refractivity contribution < 1.29 is 18.4 Å². The zero-order valence-electron chi connectivity index (χ0n) is 12.7. The van der Waals surface area contributed by atoms with Crippen molar-refractivity contribution in [3.05, 3.63) is 50.6 Å². The topological polar surface area (TPSA) is 63.2 Å². The third-order valence-electron chi connectivity index (χ3n) is 3.00. The number of nitrogens with zero attached hydrogens (tertiary/aromatic N) is 1. The van der Waals surface area contributed by atoms with Crippen LogP contribution in [0.5, 0.6) is 0 Å². The van der Waals surface area contributed by atoms with Crippen LogP contribution in [0.25, 0.3) is 0 Å². The molecule has 0 radical (unpaired) electrons. The number of carbonyl (C=O) groups excluding carboxylic acids is 1. The van der Waals surface area contributed by atoms with Crippen molar-refractivity contribution >= 4 is 44.9 Å². The Labute approximate surface area is 150 Å². The molecular weight excluding hydrogens is 408 g/mol. The Hall–Kier alpha value is -1.77. The molecule has 24 heavy (non-hydrogen) atoms. The molecule has 2 N–H and O–H groups in total. The number of benzene rings is 1. The third-order valence-corrected chi connectivity index (χ3v) is 3.71. The highest BCUT2D eigenvalue weighted by Gasteiger charge is 2.23. The minimum atomic E-state index is -1.28. The van der Waals surface area contributed by atoms with Crippen LogP contribution in [-0.4, -0.2) is 17.5 Å². The smallest absolute Gasteiger partial charge is 0.277 e. The van der Waals surface area contributed by atoms with Crippen LogP contribution in [0.4, 0.5) is 20.3 Å². The minimum absolute atomic E-state index is 0.208. The summed E-state index contributed by atoms with van der Waals surface area (Å²) in [5.74, 6) is -3.05. The van der Waals surface area contributed by atoms with Crippen molar-refractivity contribution in [2.45, 2.75) is 13.8 Å². The molecule has 5 nitrogen and oxygen atoms in total. The number of carbonyl (C=O) groups is 1. The second kappa shape index (κ2) is 7.87. The molecule has 0 aliphatic carbocycles. The van der Waals surface area contributed by atoms with Crippen LogP contribution in [-0.2, 0) is 4.84 Å². The number of pyridine rings is 1. The van der Waals surface area contributed by atoms with Crippen LogP contribution in [0.2, 0.25) is 5.02 Å². The van der Waals surface area contributed by atoms with Crippen LogP contribution >= 0.6 is 27.5 Å². The van der Waals surface area contributed by atoms with E-state index >= 15 is 0 Å². The first-order valence-electron chi connectivity index (χ1n) is 6.84. The fourth-order valence-electron chi connectivity index (χ4n) is 1.88. The fourth-order valence-corrected chi connectivity index (χ4v) is 2.52. The van der Waals surface area contributed by atoms with E-state index in [2.05, 4.69) is 31.7 Å². The number of amides is 1. The van der Waals surface area contributed by atoms with Gasteiger partial charge in [0.15, 0.2) is 11.6 Å². The molecule has 9 heteroatoms. The normalized spacial score (nSPS) is 10.6. The lowest BCUT2D eigenvalue weighted by Crippen LogP contribution is -2.25. The number of aromatic nitrogens is 1. The molecule has 1 aromatic heterocycles. The summed E-state index contributed by atoms with van der Waals surface area (Å²) < 4.78 is 28.9. The number of rotatable bonds is 5. The summed E-state index contributed by atoms with van der Waals surface area (Å²) in [6.45, 7) is 3.59. The summed E-state index contributed by atoms with van der Waals surface area (Å²) >= 11 is 8.90. The Morgan fingerprint density at radius 3 is 2.71 bits per heavy atom. The molecule has 0 aliphatic rings. The lowest BCUT2D eigenvalue weighted by Gasteiger charge is -2.15. The van der Waals surface area contributed by atoms with E-state index in [4.69, 9.17) is 16.4 Å². The zero-order valence-corrected chi connectivity index (χ0v) is 15.1. The van der Waals surface area contributed by atoms with Crippen molar-refractivity contribution in [1.82, 2.24) is 10.5 Å². The van der Waals surface area contributed by atoms with Gasteiger partial charge in [0.2, 0.25) is 0 Å². The second-order valence-corrected chi connectivity index (χ2v) is 6.04. The molecule has 0 spiro atoms. The van der Waals surface area contributed by atoms with Gasteiger partial charge in [-0.2, -0.15) is 0 Å². The van der Waals surface area contributed by atoms with Gasteiger partial charge in [0, 0.05) is 10.7 Å². The van der Waals surface area contributed by atoms with Gasteiger partial charge < -0.3 is 5.32 Å². The molecule has 1 amide bonds. The van der Waals surface area contributed by atoms with Crippen molar-refractivity contribution in [2.24, 2.45) is 0 Å². The number of hydrogen-bond acceptors (Lipinski definition) is 4. The number of hydrogen-bond donors (Lipinski definition) is 2. The first kappa shape index (κ1) is 18.6. The molecule has 0 fully saturated rings. The molecule has 0 bridgehead atoms. The highest BCUT2D eigenvalue weighted by atomic mass is 79.9. The van der Waals surface area contributed by atoms with E-state index in [0.717, 1.165) is 10.5 Å². The quantitative estimate of drug-likeness (QED) is 0.552. The summed E-state index contributed by atoms with van der Waals surface area (Å²) in [5, 5.41) is 2.13. The summed E-state index contributed by atoms with van der Waals surface area (Å²) in [6.07, 6.45) is 1.49. The van der Waals surface area contributed by atoms with E-state index in [1.807, 2.05) is 0 Å². The van der Waals surface area contributed by atoms with Gasteiger partial charge in [-0.05, 0) is 47.5 Å². The maximum absolute atomic E-state index is 14.3. The molecule has 0 unspecified atom stereocenters. The molecule has 1 heterocycles. The Kier molecular flexibility index (Phi) is 6.09. The monoisotopic (exact) mass is 419 g/mol. The summed E-state index contributed by atoms with van der Waals surface area (Å²) in [4.78, 5) is 21.0. The van der Waals surface area contributed by atoms with Gasteiger partial charge in [-0.3, -0.25) is 9.63 Å². The lowest BCUT2D eigenvalue weighted by atomic mass is 10.1. The van der Waals surface area contributed by atoms with E-state index in [9.17, 15) is 13.6 Å². The van der Waals surface area contributed by atoms with Gasteiger partial charge in [-0.25, -0.2) is 19.2 Å². The molecule has 2 rings (SSSR count). The predicted octanol–water partition coefficient (Wildman–Crippen LogP) is 4.51. The molecular formula is C15H13BrClF2N3O2. The van der Waals surface area contributed by atoms with Crippen LogP contribution < -0.4 is 10.8 Å². The molecule has 2 aromatic rings. The van der Waals surface area contributed by atoms with E-state index in [1.54, 1.807) is 19.9 Å². The van der Waals surface area contributed by atoms with Gasteiger partial charge in [0.05, 0.1) is 22.9 Å². The van der Waals surface area contributed by atoms with Gasteiger partial charge in [0.25, 0.3) is 5.91 Å². The first-order chi connectivity index (χ1) is 11.3. The molecule has 0 saturated carbocycles. The van der Waals surface area contributed by atoms with Crippen molar-refractivity contribution in [3.63, 3.8) is 0 Å². The molecule has 0 atom stereocenters. The summed E-state index contributed by atoms with van der Waals surface area (Å²) in [6, 6.07) is 2.75. The van der Waals surface area contributed by atoms with Crippen LogP contribution in [0.15, 0.2) is 22.8 Å². The number of hydroxylamine groups is 1. The van der Waals surface area contributed by atoms with Crippen molar-refractivity contribution in [3.8, 4) is 0 Å².